The molecule has 1 saturated heterocycles. The summed E-state index contributed by atoms with van der Waals surface area (Å²) in [6.07, 6.45) is 5.08. The third-order valence-electron chi connectivity index (χ3n) is 15.1. The molecule has 90 heavy (non-hydrogen) atoms. The Morgan fingerprint density at radius 2 is 0.833 bits per heavy atom. The first-order valence-corrected chi connectivity index (χ1v) is 31.7. The van der Waals surface area contributed by atoms with Crippen LogP contribution in [0.15, 0.2) is 0 Å². The van der Waals surface area contributed by atoms with Crippen LogP contribution in [0.3, 0.4) is 0 Å². The van der Waals surface area contributed by atoms with Gasteiger partial charge >= 0.3 is 0 Å². The molecule has 1 rings (SSSR count). The van der Waals surface area contributed by atoms with Crippen LogP contribution in [0.5, 0.6) is 0 Å². The van der Waals surface area contributed by atoms with Gasteiger partial charge in [-0.15, -0.1) is 0 Å². The van der Waals surface area contributed by atoms with Crippen LogP contribution in [-0.4, -0.2) is 194 Å². The largest absolute Gasteiger partial charge is 0.393 e. The van der Waals surface area contributed by atoms with Crippen LogP contribution in [0.25, 0.3) is 0 Å². The fourth-order valence-electron chi connectivity index (χ4n) is 9.70. The summed E-state index contributed by atoms with van der Waals surface area (Å²) < 4.78 is 0. The molecule has 0 aliphatic carbocycles. The zero-order valence-corrected chi connectivity index (χ0v) is 53.1. The Balaban J connectivity index is 3.78. The van der Waals surface area contributed by atoms with Gasteiger partial charge in [-0.3, -0.25) is 62.3 Å². The smallest absolute Gasteiger partial charge is 0.246 e. The molecule has 0 saturated carbocycles. The van der Waals surface area contributed by atoms with Gasteiger partial charge in [0.25, 0.3) is 0 Å². The molecule has 31 nitrogen and oxygen atoms in total. The van der Waals surface area contributed by atoms with Gasteiger partial charge in [-0.25, -0.2) is 0 Å². The number of hydrogen-bond donors (Lipinski definition) is 18. The van der Waals surface area contributed by atoms with E-state index in [-0.39, 0.29) is 25.8 Å². The van der Waals surface area contributed by atoms with Crippen molar-refractivity contribution < 1.29 is 87.9 Å². The number of rotatable bonds is 33. The van der Waals surface area contributed by atoms with Gasteiger partial charge in [-0.2, -0.15) is 0 Å². The number of aliphatic hydroxyl groups excluding tert-OH is 5. The number of hydrogen-bond acceptors (Lipinski definition) is 18. The van der Waals surface area contributed by atoms with Gasteiger partial charge in [0.05, 0.1) is 43.8 Å². The fourth-order valence-corrected chi connectivity index (χ4v) is 9.70. The van der Waals surface area contributed by atoms with Gasteiger partial charge in [-0.05, 0) is 59.3 Å². The molecule has 0 aromatic heterocycles. The summed E-state index contributed by atoms with van der Waals surface area (Å²) in [7, 11) is 0. The average molecular weight is 1280 g/mol. The van der Waals surface area contributed by atoms with E-state index in [1.165, 1.54) is 0 Å². The molecule has 1 fully saturated rings. The van der Waals surface area contributed by atoms with Crippen molar-refractivity contribution in [1.82, 2.24) is 53.2 Å². The number of carbonyl (C=O) groups is 13. The lowest BCUT2D eigenvalue weighted by Crippen LogP contribution is -2.63. The van der Waals surface area contributed by atoms with Crippen LogP contribution in [0.4, 0.5) is 0 Å². The minimum atomic E-state index is -2.15. The Hall–Kier alpha value is -7.09. The van der Waals surface area contributed by atoms with Gasteiger partial charge in [0.1, 0.15) is 54.4 Å². The molecule has 0 bridgehead atoms. The molecular weight excluding hydrogens is 1180 g/mol. The van der Waals surface area contributed by atoms with Gasteiger partial charge in [0.2, 0.25) is 76.8 Å². The molecule has 31 heteroatoms. The molecule has 13 amide bonds. The van der Waals surface area contributed by atoms with Gasteiger partial charge < -0.3 is 95.9 Å². The average Bonchev–Trinajstić information content (AvgIpc) is 2.80. The first kappa shape index (κ1) is 80.9. The predicted molar refractivity (Wildman–Crippen MR) is 327 cm³/mol. The van der Waals surface area contributed by atoms with E-state index in [1.54, 1.807) is 0 Å². The standard InChI is InChI=1S/C59H105N13O18/c1-6-8-10-12-13-15-20-24-38(76)26-27-40-53(84)64-33-48(81)63-29-28-47(80)66-39(25-21-17-14-16-19-23-37(75)22-18-11-9-7-2)54(85)69-43(32-46(61)79)56(87)70-42(31-45(60)78)55(86)65-34(3)52(83)68-41(30-44(77)51(62)82)57(88)71-50(36(5)74)59(90)72-49(35(4)73)58(89)67-40/h34-44,49-50,73-77H,6-33H2,1-5H3,(H2,60,78)(H2,61,79)(H2,62,82)(H,63,81)(H,64,84)(H,65,86)(H,66,80)(H,67,89)(H,68,83)(H,69,85)(H,70,87)(H,71,88)(H,72,90)/t34-,35-,36-,37?,38?,39?,40?,41?,42+,43-,44?,49?,50-/m1/s1. The number of nitrogens with two attached hydrogens (primary N) is 3. The second kappa shape index (κ2) is 45.2. The number of nitrogens with one attached hydrogen (secondary N) is 10. The summed E-state index contributed by atoms with van der Waals surface area (Å²) in [5, 5.41) is 76.5. The molecule has 7 unspecified atom stereocenters. The Labute approximate surface area is 526 Å². The van der Waals surface area contributed by atoms with Crippen LogP contribution in [0.1, 0.15) is 202 Å². The van der Waals surface area contributed by atoms with Crippen molar-refractivity contribution in [2.75, 3.05) is 13.1 Å². The molecule has 13 atom stereocenters. The highest BCUT2D eigenvalue weighted by Crippen LogP contribution is 2.17. The maximum atomic E-state index is 14.1. The highest BCUT2D eigenvalue weighted by atomic mass is 16.3. The zero-order valence-electron chi connectivity index (χ0n) is 53.1. The normalized spacial score (nSPS) is 23.8. The zero-order chi connectivity index (χ0) is 67.9. The number of amides is 13. The molecule has 21 N–H and O–H groups in total. The molecule has 1 aliphatic heterocycles. The van der Waals surface area contributed by atoms with Crippen molar-refractivity contribution in [3.05, 3.63) is 0 Å². The molecule has 514 valence electrons. The van der Waals surface area contributed by atoms with Crippen LogP contribution in [0.2, 0.25) is 0 Å². The van der Waals surface area contributed by atoms with Gasteiger partial charge in [0.15, 0.2) is 0 Å². The summed E-state index contributed by atoms with van der Waals surface area (Å²) in [5.74, 6) is -14.9. The molecular formula is C59H105N13O18. The maximum Gasteiger partial charge on any atom is 0.246 e. The molecule has 0 radical (unpaired) electrons. The number of primary amides is 3. The number of aliphatic hydroxyl groups is 5. The highest BCUT2D eigenvalue weighted by molar-refractivity contribution is 6.00. The molecule has 1 heterocycles. The first-order valence-electron chi connectivity index (χ1n) is 31.7. The predicted octanol–water partition coefficient (Wildman–Crippen LogP) is -3.39. The lowest BCUT2D eigenvalue weighted by molar-refractivity contribution is -0.139. The van der Waals surface area contributed by atoms with Gasteiger partial charge in [-0.1, -0.05) is 117 Å². The van der Waals surface area contributed by atoms with Crippen LogP contribution in [-0.2, 0) is 62.3 Å². The van der Waals surface area contributed by atoms with E-state index in [2.05, 4.69) is 67.0 Å². The second-order valence-electron chi connectivity index (χ2n) is 23.4. The number of carbonyl (C=O) groups excluding carboxylic acids is 13. The third-order valence-corrected chi connectivity index (χ3v) is 15.1. The summed E-state index contributed by atoms with van der Waals surface area (Å²) in [5.41, 5.74) is 16.1. The minimum Gasteiger partial charge on any atom is -0.393 e. The Kier molecular flexibility index (Phi) is 40.6. The SMILES string of the molecule is CCCCCCCCCC(O)CCC1NC(=O)C([C@@H](C)O)NC(=O)[C@@H]([C@@H](C)O)NC(=O)C(CC(O)C(N)=O)NC(=O)[C@@H](C)NC(=O)[C@H](CC(N)=O)NC(=O)[C@@H](CC(N)=O)NC(=O)C(CCCCCCCC(O)CCCCCC)NC(=O)CCNC(=O)CNC1=O. The molecule has 0 spiro atoms. The van der Waals surface area contributed by atoms with E-state index in [9.17, 15) is 87.9 Å². The summed E-state index contributed by atoms with van der Waals surface area (Å²) >= 11 is 0. The molecule has 0 aromatic rings. The topological polar surface area (TPSA) is 521 Å². The highest BCUT2D eigenvalue weighted by Gasteiger charge is 2.38. The second-order valence-corrected chi connectivity index (χ2v) is 23.4. The summed E-state index contributed by atoms with van der Waals surface area (Å²) in [4.78, 5) is 174. The Morgan fingerprint density at radius 3 is 1.33 bits per heavy atom. The molecule has 0 aromatic carbocycles. The van der Waals surface area contributed by atoms with Crippen LogP contribution in [0, 0.1) is 0 Å². The quantitative estimate of drug-likeness (QED) is 0.0285. The van der Waals surface area contributed by atoms with E-state index < -0.39 is 188 Å². The Bertz CT molecular complexity index is 2310. The van der Waals surface area contributed by atoms with Crippen molar-refractivity contribution in [3.8, 4) is 0 Å². The van der Waals surface area contributed by atoms with Crippen LogP contribution < -0.4 is 70.4 Å². The third kappa shape index (κ3) is 34.8. The Morgan fingerprint density at radius 1 is 0.433 bits per heavy atom. The van der Waals surface area contributed by atoms with Crippen molar-refractivity contribution in [2.24, 2.45) is 17.2 Å². The van der Waals surface area contributed by atoms with Crippen molar-refractivity contribution in [2.45, 2.75) is 280 Å². The lowest BCUT2D eigenvalue weighted by Gasteiger charge is -2.29. The van der Waals surface area contributed by atoms with E-state index in [0.29, 0.717) is 44.9 Å². The van der Waals surface area contributed by atoms with Crippen molar-refractivity contribution in [3.63, 3.8) is 0 Å². The maximum absolute atomic E-state index is 14.1. The lowest BCUT2D eigenvalue weighted by atomic mass is 10.0. The minimum absolute atomic E-state index is 0.0169. The van der Waals surface area contributed by atoms with E-state index in [4.69, 9.17) is 17.2 Å². The van der Waals surface area contributed by atoms with Gasteiger partial charge in [0, 0.05) is 19.4 Å². The molecule has 1 aliphatic rings. The fraction of sp³-hybridized carbons (Fsp3) is 0.780. The van der Waals surface area contributed by atoms with E-state index in [0.717, 1.165) is 97.8 Å². The van der Waals surface area contributed by atoms with Crippen molar-refractivity contribution in [1.29, 1.82) is 0 Å². The monoisotopic (exact) mass is 1280 g/mol. The van der Waals surface area contributed by atoms with Crippen molar-refractivity contribution >= 4 is 76.8 Å². The summed E-state index contributed by atoms with van der Waals surface area (Å²) in [6, 6.07) is -14.4. The van der Waals surface area contributed by atoms with E-state index in [1.807, 2.05) is 0 Å². The number of unbranched alkanes of at least 4 members (excludes halogenated alkanes) is 13. The first-order chi connectivity index (χ1) is 42.5. The summed E-state index contributed by atoms with van der Waals surface area (Å²) in [6.45, 7) is 6.31. The van der Waals surface area contributed by atoms with Crippen LogP contribution >= 0.6 is 0 Å². The van der Waals surface area contributed by atoms with E-state index >= 15 is 0 Å².